The molecule has 4 saturated carbocycles. The summed E-state index contributed by atoms with van der Waals surface area (Å²) in [5.41, 5.74) is -0.423. The molecule has 0 spiro atoms. The van der Waals surface area contributed by atoms with Crippen molar-refractivity contribution in [2.24, 2.45) is 17.8 Å². The van der Waals surface area contributed by atoms with Gasteiger partial charge in [0.25, 0.3) is 0 Å². The molecule has 4 nitrogen and oxygen atoms in total. The Hall–Kier alpha value is -0.830. The lowest BCUT2D eigenvalue weighted by molar-refractivity contribution is -0.116. The third-order valence-corrected chi connectivity index (χ3v) is 6.31. The molecule has 1 aromatic carbocycles. The summed E-state index contributed by atoms with van der Waals surface area (Å²) < 4.78 is 23.3. The fraction of sp³-hybridized carbons (Fsp3) is 0.625. The van der Waals surface area contributed by atoms with Gasteiger partial charge in [0.05, 0.1) is 5.60 Å². The summed E-state index contributed by atoms with van der Waals surface area (Å²) in [7, 11) is -4.06. The van der Waals surface area contributed by atoms with Gasteiger partial charge < -0.3 is 4.52 Å². The van der Waals surface area contributed by atoms with Crippen molar-refractivity contribution in [2.75, 3.05) is 0 Å². The van der Waals surface area contributed by atoms with E-state index in [-0.39, 0.29) is 0 Å². The van der Waals surface area contributed by atoms with Gasteiger partial charge in [-0.25, -0.2) is 4.57 Å². The zero-order valence-corrected chi connectivity index (χ0v) is 12.9. The minimum Gasteiger partial charge on any atom is -0.404 e. The molecule has 5 rings (SSSR count). The van der Waals surface area contributed by atoms with E-state index < -0.39 is 13.4 Å². The third-order valence-electron chi connectivity index (χ3n) is 5.26. The Labute approximate surface area is 125 Å². The molecule has 0 amide bonds. The first-order chi connectivity index (χ1) is 10.0. The fourth-order valence-corrected chi connectivity index (χ4v) is 6.16. The van der Waals surface area contributed by atoms with E-state index >= 15 is 0 Å². The summed E-state index contributed by atoms with van der Waals surface area (Å²) in [5.74, 6) is 2.40. The predicted octanol–water partition coefficient (Wildman–Crippen LogP) is 4.15. The number of rotatable bonds is 4. The van der Waals surface area contributed by atoms with Crippen LogP contribution in [0.3, 0.4) is 0 Å². The summed E-state index contributed by atoms with van der Waals surface area (Å²) in [6, 6.07) is 8.74. The molecule has 4 aliphatic carbocycles. The van der Waals surface area contributed by atoms with Gasteiger partial charge in [0.1, 0.15) is 5.75 Å². The zero-order valence-electron chi connectivity index (χ0n) is 12.0. The second-order valence-corrected chi connectivity index (χ2v) is 8.37. The van der Waals surface area contributed by atoms with E-state index in [2.05, 4.69) is 0 Å². The Bertz CT molecular complexity index is 536. The summed E-state index contributed by atoms with van der Waals surface area (Å²) in [6.45, 7) is 0. The maximum Gasteiger partial charge on any atom is 0.527 e. The second-order valence-electron chi connectivity index (χ2n) is 7.06. The van der Waals surface area contributed by atoms with Crippen LogP contribution in [0.4, 0.5) is 0 Å². The van der Waals surface area contributed by atoms with Gasteiger partial charge in [-0.05, 0) is 68.4 Å². The molecule has 1 aromatic rings. The number of para-hydroxylation sites is 1. The number of phosphoric acid groups is 1. The van der Waals surface area contributed by atoms with Crippen LogP contribution < -0.4 is 4.52 Å². The molecule has 1 unspecified atom stereocenters. The first kappa shape index (κ1) is 13.8. The van der Waals surface area contributed by atoms with Gasteiger partial charge in [-0.3, -0.25) is 9.42 Å². The molecule has 1 N–H and O–H groups in total. The molecule has 4 aliphatic rings. The van der Waals surface area contributed by atoms with E-state index in [1.807, 2.05) is 6.07 Å². The summed E-state index contributed by atoms with van der Waals surface area (Å²) >= 11 is 0. The van der Waals surface area contributed by atoms with Crippen LogP contribution in [0.2, 0.25) is 0 Å². The fourth-order valence-electron chi connectivity index (χ4n) is 5.02. The Kier molecular flexibility index (Phi) is 3.18. The van der Waals surface area contributed by atoms with Gasteiger partial charge in [0.15, 0.2) is 0 Å². The molecular weight excluding hydrogens is 287 g/mol. The molecule has 4 fully saturated rings. The van der Waals surface area contributed by atoms with Crippen LogP contribution in [0.15, 0.2) is 30.3 Å². The van der Waals surface area contributed by atoms with Gasteiger partial charge in [0.2, 0.25) is 0 Å². The number of hydrogen-bond donors (Lipinski definition) is 1. The normalized spacial score (nSPS) is 40.0. The molecule has 0 radical (unpaired) electrons. The molecule has 5 heteroatoms. The van der Waals surface area contributed by atoms with E-state index in [1.54, 1.807) is 24.3 Å². The van der Waals surface area contributed by atoms with Crippen molar-refractivity contribution in [2.45, 2.75) is 44.1 Å². The van der Waals surface area contributed by atoms with E-state index in [4.69, 9.17) is 9.05 Å². The van der Waals surface area contributed by atoms with E-state index in [0.717, 1.165) is 19.3 Å². The second kappa shape index (κ2) is 4.84. The van der Waals surface area contributed by atoms with Crippen LogP contribution in [-0.4, -0.2) is 10.5 Å². The molecule has 0 saturated heterocycles. The first-order valence-corrected chi connectivity index (χ1v) is 9.30. The van der Waals surface area contributed by atoms with Crippen molar-refractivity contribution >= 4 is 7.82 Å². The third kappa shape index (κ3) is 2.77. The standard InChI is InChI=1S/C16H21O4P/c17-21(18,19-15-4-2-1-3-5-15)20-16-9-12-6-13(10-16)8-14(7-12)11-16/h1-5,12-14H,6-11H2,(H,17,18). The van der Waals surface area contributed by atoms with Crippen LogP contribution in [0.5, 0.6) is 5.75 Å². The molecule has 114 valence electrons. The molecule has 1 atom stereocenters. The largest absolute Gasteiger partial charge is 0.527 e. The van der Waals surface area contributed by atoms with Crippen molar-refractivity contribution < 1.29 is 18.5 Å². The zero-order chi connectivity index (χ0) is 14.5. The van der Waals surface area contributed by atoms with E-state index in [1.165, 1.54) is 19.3 Å². The highest BCUT2D eigenvalue weighted by Crippen LogP contribution is 2.62. The van der Waals surface area contributed by atoms with E-state index in [0.29, 0.717) is 23.5 Å². The minimum absolute atomic E-state index is 0.382. The maximum absolute atomic E-state index is 12.4. The van der Waals surface area contributed by atoms with Crippen LogP contribution >= 0.6 is 7.82 Å². The van der Waals surface area contributed by atoms with Crippen molar-refractivity contribution in [3.05, 3.63) is 30.3 Å². The maximum atomic E-state index is 12.4. The average molecular weight is 308 g/mol. The minimum atomic E-state index is -4.06. The lowest BCUT2D eigenvalue weighted by atomic mass is 9.54. The molecule has 0 heterocycles. The van der Waals surface area contributed by atoms with Crippen molar-refractivity contribution in [1.29, 1.82) is 0 Å². The van der Waals surface area contributed by atoms with Gasteiger partial charge >= 0.3 is 7.82 Å². The Morgan fingerprint density at radius 2 is 1.52 bits per heavy atom. The summed E-state index contributed by atoms with van der Waals surface area (Å²) in [4.78, 5) is 10.1. The van der Waals surface area contributed by atoms with E-state index in [9.17, 15) is 9.46 Å². The van der Waals surface area contributed by atoms with Gasteiger partial charge in [-0.1, -0.05) is 18.2 Å². The van der Waals surface area contributed by atoms with Crippen LogP contribution in [0, 0.1) is 17.8 Å². The first-order valence-electron chi connectivity index (χ1n) is 7.80. The van der Waals surface area contributed by atoms with Crippen LogP contribution in [-0.2, 0) is 9.09 Å². The van der Waals surface area contributed by atoms with Crippen LogP contribution in [0.1, 0.15) is 38.5 Å². The van der Waals surface area contributed by atoms with Crippen molar-refractivity contribution in [3.63, 3.8) is 0 Å². The van der Waals surface area contributed by atoms with Crippen molar-refractivity contribution in [3.8, 4) is 5.75 Å². The Morgan fingerprint density at radius 1 is 1.00 bits per heavy atom. The van der Waals surface area contributed by atoms with Gasteiger partial charge in [0, 0.05) is 0 Å². The smallest absolute Gasteiger partial charge is 0.404 e. The highest BCUT2D eigenvalue weighted by Gasteiger charge is 2.54. The summed E-state index contributed by atoms with van der Waals surface area (Å²) in [5, 5.41) is 0. The molecule has 21 heavy (non-hydrogen) atoms. The highest BCUT2D eigenvalue weighted by molar-refractivity contribution is 7.47. The van der Waals surface area contributed by atoms with Crippen LogP contribution in [0.25, 0.3) is 0 Å². The number of phosphoric ester groups is 1. The topological polar surface area (TPSA) is 55.8 Å². The lowest BCUT2D eigenvalue weighted by Gasteiger charge is -2.55. The van der Waals surface area contributed by atoms with Gasteiger partial charge in [-0.2, -0.15) is 0 Å². The number of benzene rings is 1. The molecule has 0 aromatic heterocycles. The summed E-state index contributed by atoms with van der Waals surface area (Å²) in [6.07, 6.45) is 6.58. The lowest BCUT2D eigenvalue weighted by Crippen LogP contribution is -2.51. The predicted molar refractivity (Wildman–Crippen MR) is 78.9 cm³/mol. The van der Waals surface area contributed by atoms with Crippen molar-refractivity contribution in [1.82, 2.24) is 0 Å². The quantitative estimate of drug-likeness (QED) is 0.849. The molecule has 0 aliphatic heterocycles. The number of hydrogen-bond acceptors (Lipinski definition) is 3. The molecule has 4 bridgehead atoms. The molecular formula is C16H21O4P. The Balaban J connectivity index is 1.51. The average Bonchev–Trinajstić information content (AvgIpc) is 2.35. The highest BCUT2D eigenvalue weighted by atomic mass is 31.2. The SMILES string of the molecule is O=P(O)(Oc1ccccc1)OC12CC3CC(CC(C3)C1)C2. The monoisotopic (exact) mass is 308 g/mol. The Morgan fingerprint density at radius 3 is 2.05 bits per heavy atom. The van der Waals surface area contributed by atoms with Gasteiger partial charge in [-0.15, -0.1) is 0 Å².